The zero-order valence-corrected chi connectivity index (χ0v) is 17.3. The number of amides is 2. The molecule has 2 amide bonds. The second-order valence-electron chi connectivity index (χ2n) is 8.42. The van der Waals surface area contributed by atoms with Gasteiger partial charge in [-0.25, -0.2) is 0 Å². The van der Waals surface area contributed by atoms with Crippen molar-refractivity contribution >= 4 is 23.4 Å². The van der Waals surface area contributed by atoms with Crippen molar-refractivity contribution in [1.29, 1.82) is 0 Å². The minimum Gasteiger partial charge on any atom is -0.354 e. The first kappa shape index (κ1) is 20.8. The minimum absolute atomic E-state index is 0.0448. The van der Waals surface area contributed by atoms with Gasteiger partial charge in [0.2, 0.25) is 11.8 Å². The monoisotopic (exact) mass is 378 g/mol. The Morgan fingerprint density at radius 3 is 2.42 bits per heavy atom. The fraction of sp³-hybridized carbons (Fsp3) is 0.619. The molecule has 1 aliphatic heterocycles. The number of halogens is 1. The molecule has 2 rings (SSSR count). The number of carbonyl (C=O) groups excluding carboxylic acids is 2. The first-order valence-electron chi connectivity index (χ1n) is 9.48. The van der Waals surface area contributed by atoms with Crippen LogP contribution in [0, 0.1) is 11.3 Å². The van der Waals surface area contributed by atoms with Crippen LogP contribution in [0.5, 0.6) is 0 Å². The fourth-order valence-corrected chi connectivity index (χ4v) is 3.86. The second-order valence-corrected chi connectivity index (χ2v) is 8.85. The van der Waals surface area contributed by atoms with E-state index in [0.717, 1.165) is 12.0 Å². The topological polar surface area (TPSA) is 49.4 Å². The molecule has 0 spiro atoms. The van der Waals surface area contributed by atoms with E-state index in [2.05, 4.69) is 19.2 Å². The molecule has 144 valence electrons. The summed E-state index contributed by atoms with van der Waals surface area (Å²) in [6.07, 6.45) is 1.80. The average molecular weight is 379 g/mol. The highest BCUT2D eigenvalue weighted by Gasteiger charge is 2.45. The van der Waals surface area contributed by atoms with E-state index in [0.29, 0.717) is 23.9 Å². The predicted octanol–water partition coefficient (Wildman–Crippen LogP) is 4.58. The number of rotatable bonds is 6. The summed E-state index contributed by atoms with van der Waals surface area (Å²) in [5.41, 5.74) is 0.466. The van der Waals surface area contributed by atoms with Crippen LogP contribution < -0.4 is 5.32 Å². The largest absolute Gasteiger partial charge is 0.354 e. The molecular formula is C21H31ClN2O2. The maximum absolute atomic E-state index is 13.4. The summed E-state index contributed by atoms with van der Waals surface area (Å²) in [6.45, 7) is 10.7. The Bertz CT molecular complexity index is 642. The van der Waals surface area contributed by atoms with Crippen molar-refractivity contribution in [3.63, 3.8) is 0 Å². The highest BCUT2D eigenvalue weighted by Crippen LogP contribution is 2.43. The molecule has 1 fully saturated rings. The van der Waals surface area contributed by atoms with Crippen LogP contribution in [0.1, 0.15) is 65.5 Å². The molecule has 0 bridgehead atoms. The molecule has 0 aromatic heterocycles. The normalized spacial score (nSPS) is 23.6. The number of carbonyl (C=O) groups is 2. The Hall–Kier alpha value is -1.55. The molecule has 1 N–H and O–H groups in total. The molecule has 0 saturated carbocycles. The molecular weight excluding hydrogens is 348 g/mol. The van der Waals surface area contributed by atoms with Gasteiger partial charge in [-0.1, -0.05) is 44.5 Å². The number of nitrogens with one attached hydrogen (secondary N) is 1. The zero-order valence-electron chi connectivity index (χ0n) is 16.5. The van der Waals surface area contributed by atoms with Crippen LogP contribution in [0.3, 0.4) is 0 Å². The maximum Gasteiger partial charge on any atom is 0.229 e. The summed E-state index contributed by atoms with van der Waals surface area (Å²) >= 11 is 6.02. The molecule has 26 heavy (non-hydrogen) atoms. The summed E-state index contributed by atoms with van der Waals surface area (Å²) in [4.78, 5) is 27.6. The third-order valence-electron chi connectivity index (χ3n) is 4.94. The van der Waals surface area contributed by atoms with Gasteiger partial charge in [0, 0.05) is 24.0 Å². The number of nitrogens with zero attached hydrogens (tertiary/aromatic N) is 1. The quantitative estimate of drug-likeness (QED) is 0.787. The van der Waals surface area contributed by atoms with Gasteiger partial charge in [0.1, 0.15) is 0 Å². The average Bonchev–Trinajstić information content (AvgIpc) is 2.52. The molecule has 1 aliphatic rings. The lowest BCUT2D eigenvalue weighted by Crippen LogP contribution is -2.51. The maximum atomic E-state index is 13.4. The number of hydrogen-bond acceptors (Lipinski definition) is 2. The third-order valence-corrected chi connectivity index (χ3v) is 5.19. The highest BCUT2D eigenvalue weighted by molar-refractivity contribution is 6.30. The van der Waals surface area contributed by atoms with Gasteiger partial charge < -0.3 is 10.2 Å². The van der Waals surface area contributed by atoms with Gasteiger partial charge in [-0.3, -0.25) is 9.59 Å². The third kappa shape index (κ3) is 5.00. The highest BCUT2D eigenvalue weighted by atomic mass is 35.5. The van der Waals surface area contributed by atoms with E-state index in [1.165, 1.54) is 0 Å². The molecule has 4 nitrogen and oxygen atoms in total. The molecule has 1 aromatic carbocycles. The number of benzene rings is 1. The molecule has 5 heteroatoms. The molecule has 1 aromatic rings. The van der Waals surface area contributed by atoms with E-state index in [9.17, 15) is 9.59 Å². The molecule has 1 saturated heterocycles. The summed E-state index contributed by atoms with van der Waals surface area (Å²) in [6, 6.07) is 7.88. The van der Waals surface area contributed by atoms with Gasteiger partial charge in [-0.15, -0.1) is 0 Å². The van der Waals surface area contributed by atoms with Crippen molar-refractivity contribution in [2.24, 2.45) is 11.3 Å². The van der Waals surface area contributed by atoms with Gasteiger partial charge in [0.15, 0.2) is 0 Å². The minimum atomic E-state index is -0.642. The summed E-state index contributed by atoms with van der Waals surface area (Å²) in [5.74, 6) is 0.391. The molecule has 1 unspecified atom stereocenters. The van der Waals surface area contributed by atoms with Crippen LogP contribution in [-0.2, 0) is 9.59 Å². The Morgan fingerprint density at radius 1 is 1.27 bits per heavy atom. The summed E-state index contributed by atoms with van der Waals surface area (Å²) in [7, 11) is 0. The Kier molecular flexibility index (Phi) is 6.73. The van der Waals surface area contributed by atoms with Crippen molar-refractivity contribution < 1.29 is 9.59 Å². The van der Waals surface area contributed by atoms with Gasteiger partial charge >= 0.3 is 0 Å². The Balaban J connectivity index is 2.24. The van der Waals surface area contributed by atoms with Crippen molar-refractivity contribution in [2.75, 3.05) is 6.54 Å². The van der Waals surface area contributed by atoms with E-state index >= 15 is 0 Å². The SMILES string of the molecule is CC(C)CN1C(=O)[C@@](C)(CC(=O)NC(C)C)CCC1c1ccc(Cl)cc1. The lowest BCUT2D eigenvalue weighted by atomic mass is 9.74. The fourth-order valence-electron chi connectivity index (χ4n) is 3.73. The van der Waals surface area contributed by atoms with E-state index < -0.39 is 5.41 Å². The van der Waals surface area contributed by atoms with Crippen LogP contribution in [0.4, 0.5) is 0 Å². The van der Waals surface area contributed by atoms with Crippen LogP contribution in [0.15, 0.2) is 24.3 Å². The molecule has 1 heterocycles. The van der Waals surface area contributed by atoms with E-state index in [4.69, 9.17) is 11.6 Å². The van der Waals surface area contributed by atoms with Crippen LogP contribution in [-0.4, -0.2) is 29.3 Å². The van der Waals surface area contributed by atoms with E-state index in [1.807, 2.05) is 49.9 Å². The standard InChI is InChI=1S/C21H31ClN2O2/c1-14(2)13-24-18(16-6-8-17(22)9-7-16)10-11-21(5,20(24)26)12-19(25)23-15(3)4/h6-9,14-15,18H,10-13H2,1-5H3,(H,23,25)/t18?,21-/m1/s1. The van der Waals surface area contributed by atoms with Crippen molar-refractivity contribution in [3.05, 3.63) is 34.9 Å². The van der Waals surface area contributed by atoms with Crippen molar-refractivity contribution in [3.8, 4) is 0 Å². The second kappa shape index (κ2) is 8.43. The first-order chi connectivity index (χ1) is 12.1. The number of piperidine rings is 1. The van der Waals surface area contributed by atoms with Gasteiger partial charge in [-0.2, -0.15) is 0 Å². The van der Waals surface area contributed by atoms with Crippen LogP contribution in [0.2, 0.25) is 5.02 Å². The smallest absolute Gasteiger partial charge is 0.229 e. The number of hydrogen-bond donors (Lipinski definition) is 1. The van der Waals surface area contributed by atoms with Gasteiger partial charge in [0.25, 0.3) is 0 Å². The lowest BCUT2D eigenvalue weighted by molar-refractivity contribution is -0.153. The molecule has 0 radical (unpaired) electrons. The Labute approximate surface area is 162 Å². The molecule has 2 atom stereocenters. The van der Waals surface area contributed by atoms with Gasteiger partial charge in [0.05, 0.1) is 11.5 Å². The van der Waals surface area contributed by atoms with E-state index in [1.54, 1.807) is 0 Å². The zero-order chi connectivity index (χ0) is 19.5. The van der Waals surface area contributed by atoms with Crippen LogP contribution >= 0.6 is 11.6 Å². The molecule has 0 aliphatic carbocycles. The van der Waals surface area contributed by atoms with Crippen LogP contribution in [0.25, 0.3) is 0 Å². The van der Waals surface area contributed by atoms with Crippen molar-refractivity contribution in [1.82, 2.24) is 10.2 Å². The predicted molar refractivity (Wildman–Crippen MR) is 106 cm³/mol. The van der Waals surface area contributed by atoms with Crippen molar-refractivity contribution in [2.45, 2.75) is 66.0 Å². The number of likely N-dealkylation sites (tertiary alicyclic amines) is 1. The Morgan fingerprint density at radius 2 is 1.88 bits per heavy atom. The first-order valence-corrected chi connectivity index (χ1v) is 9.86. The summed E-state index contributed by atoms with van der Waals surface area (Å²) < 4.78 is 0. The summed E-state index contributed by atoms with van der Waals surface area (Å²) in [5, 5.41) is 3.61. The lowest BCUT2D eigenvalue weighted by Gasteiger charge is -2.45. The van der Waals surface area contributed by atoms with Gasteiger partial charge in [-0.05, 0) is 50.3 Å². The van der Waals surface area contributed by atoms with E-state index in [-0.39, 0.29) is 30.3 Å².